The Labute approximate surface area is 312 Å². The summed E-state index contributed by atoms with van der Waals surface area (Å²) in [7, 11) is 0. The zero-order valence-corrected chi connectivity index (χ0v) is 32.3. The minimum absolute atomic E-state index is 0.0612. The van der Waals surface area contributed by atoms with Crippen molar-refractivity contribution in [3.8, 4) is 11.5 Å². The first-order valence-corrected chi connectivity index (χ1v) is 20.0. The molecule has 0 fully saturated rings. The second-order valence-electron chi connectivity index (χ2n) is 14.2. The van der Waals surface area contributed by atoms with Crippen molar-refractivity contribution in [1.29, 1.82) is 0 Å². The normalized spacial score (nSPS) is 12.2. The first kappa shape index (κ1) is 44.1. The maximum absolute atomic E-state index is 13.3. The Kier molecular flexibility index (Phi) is 21.9. The van der Waals surface area contributed by atoms with Crippen LogP contribution in [0.4, 0.5) is 0 Å². The van der Waals surface area contributed by atoms with Crippen molar-refractivity contribution in [2.45, 2.75) is 156 Å². The number of unbranched alkanes of at least 4 members (excludes halogenated alkanes) is 12. The summed E-state index contributed by atoms with van der Waals surface area (Å²) >= 11 is 0. The summed E-state index contributed by atoms with van der Waals surface area (Å²) in [4.78, 5) is 52.2. The number of aryl methyl sites for hydroxylation is 2. The molecule has 2 atom stereocenters. The predicted octanol–water partition coefficient (Wildman–Crippen LogP) is 8.74. The molecule has 0 aliphatic rings. The van der Waals surface area contributed by atoms with Crippen molar-refractivity contribution in [2.75, 3.05) is 0 Å². The van der Waals surface area contributed by atoms with Crippen LogP contribution in [-0.2, 0) is 22.4 Å². The molecule has 2 unspecified atom stereocenters. The summed E-state index contributed by atoms with van der Waals surface area (Å²) in [5.41, 5.74) is 11.9. The molecule has 0 saturated carbocycles. The van der Waals surface area contributed by atoms with Crippen LogP contribution in [-0.4, -0.2) is 33.8 Å². The third-order valence-corrected chi connectivity index (χ3v) is 9.81. The molecule has 0 radical (unpaired) electrons. The van der Waals surface area contributed by atoms with Crippen molar-refractivity contribution in [3.05, 3.63) is 58.7 Å². The summed E-state index contributed by atoms with van der Waals surface area (Å²) in [6, 6.07) is 9.98. The van der Waals surface area contributed by atoms with E-state index in [0.29, 0.717) is 12.8 Å². The van der Waals surface area contributed by atoms with Gasteiger partial charge in [0.25, 0.3) is 11.8 Å². The average Bonchev–Trinajstić information content (AvgIpc) is 3.13. The molecule has 52 heavy (non-hydrogen) atoms. The predicted molar refractivity (Wildman–Crippen MR) is 208 cm³/mol. The SMILES string of the molecule is CCCCCCCCc1ccc(C(=O)NNC(=O)C(CC)CC(CCCCC)C(=O)NNC(=O)c2ccc(CCCCCCCC)cc2O)c(O)c1. The highest BCUT2D eigenvalue weighted by atomic mass is 16.3. The molecule has 0 aliphatic heterocycles. The molecule has 6 N–H and O–H groups in total. The summed E-state index contributed by atoms with van der Waals surface area (Å²) in [6.07, 6.45) is 19.5. The molecule has 0 spiro atoms. The molecule has 0 saturated heterocycles. The van der Waals surface area contributed by atoms with Crippen LogP contribution in [0.25, 0.3) is 0 Å². The lowest BCUT2D eigenvalue weighted by Gasteiger charge is -2.22. The monoisotopic (exact) mass is 722 g/mol. The first-order chi connectivity index (χ1) is 25.1. The van der Waals surface area contributed by atoms with Gasteiger partial charge in [0.1, 0.15) is 11.5 Å². The number of nitrogens with one attached hydrogen (secondary N) is 4. The standard InChI is InChI=1S/C42H66N4O6/c1-5-9-12-14-16-19-21-31-24-26-35(37(47)28-31)41(51)45-43-39(49)33(8-4)30-34(23-18-11-7-3)40(50)44-46-42(52)36-27-25-32(29-38(36)48)22-20-17-15-13-10-6-2/h24-29,33-34,47-48H,5-23,30H2,1-4H3,(H,43,49)(H,44,50)(H,45,51)(H,46,52). The summed E-state index contributed by atoms with van der Waals surface area (Å²) in [5, 5.41) is 21.1. The molecule has 0 aromatic heterocycles. The zero-order chi connectivity index (χ0) is 38.1. The number of phenolic OH excluding ortho intramolecular Hbond substituents is 2. The number of rotatable bonds is 25. The molecule has 10 nitrogen and oxygen atoms in total. The van der Waals surface area contributed by atoms with Crippen molar-refractivity contribution >= 4 is 23.6 Å². The van der Waals surface area contributed by atoms with Crippen LogP contribution in [0.2, 0.25) is 0 Å². The van der Waals surface area contributed by atoms with Gasteiger partial charge < -0.3 is 10.2 Å². The maximum Gasteiger partial charge on any atom is 0.273 e. The van der Waals surface area contributed by atoms with E-state index in [9.17, 15) is 29.4 Å². The van der Waals surface area contributed by atoms with Gasteiger partial charge in [-0.05, 0) is 80.3 Å². The van der Waals surface area contributed by atoms with Crippen molar-refractivity contribution in [1.82, 2.24) is 21.7 Å². The lowest BCUT2D eigenvalue weighted by Crippen LogP contribution is -2.47. The smallest absolute Gasteiger partial charge is 0.273 e. The van der Waals surface area contributed by atoms with E-state index in [0.717, 1.165) is 68.9 Å². The number of hydrazine groups is 2. The Balaban J connectivity index is 1.92. The van der Waals surface area contributed by atoms with Gasteiger partial charge in [-0.15, -0.1) is 0 Å². The van der Waals surface area contributed by atoms with Gasteiger partial charge in [0.2, 0.25) is 11.8 Å². The van der Waals surface area contributed by atoms with Crippen molar-refractivity contribution < 1.29 is 29.4 Å². The Hall–Kier alpha value is -4.08. The highest BCUT2D eigenvalue weighted by molar-refractivity contribution is 5.98. The van der Waals surface area contributed by atoms with Crippen LogP contribution >= 0.6 is 0 Å². The molecule has 4 amide bonds. The van der Waals surface area contributed by atoms with E-state index in [2.05, 4.69) is 42.5 Å². The van der Waals surface area contributed by atoms with E-state index in [1.54, 1.807) is 24.3 Å². The molecular formula is C42H66N4O6. The molecule has 2 aromatic rings. The fourth-order valence-electron chi connectivity index (χ4n) is 6.44. The minimum atomic E-state index is -0.634. The summed E-state index contributed by atoms with van der Waals surface area (Å²) < 4.78 is 0. The number of carbonyl (C=O) groups is 4. The summed E-state index contributed by atoms with van der Waals surface area (Å²) in [6.45, 7) is 8.28. The van der Waals surface area contributed by atoms with Crippen molar-refractivity contribution in [2.24, 2.45) is 11.8 Å². The Morgan fingerprint density at radius 3 is 1.35 bits per heavy atom. The van der Waals surface area contributed by atoms with Crippen LogP contribution in [0.5, 0.6) is 11.5 Å². The van der Waals surface area contributed by atoms with E-state index in [1.165, 1.54) is 51.4 Å². The van der Waals surface area contributed by atoms with E-state index in [1.807, 2.05) is 19.1 Å². The Morgan fingerprint density at radius 2 is 0.923 bits per heavy atom. The molecule has 0 heterocycles. The topological polar surface area (TPSA) is 157 Å². The molecule has 290 valence electrons. The van der Waals surface area contributed by atoms with E-state index in [-0.39, 0.29) is 29.0 Å². The Bertz CT molecular complexity index is 1380. The fourth-order valence-corrected chi connectivity index (χ4v) is 6.44. The first-order valence-electron chi connectivity index (χ1n) is 20.0. The quantitative estimate of drug-likeness (QED) is 0.0445. The highest BCUT2D eigenvalue weighted by Crippen LogP contribution is 2.24. The highest BCUT2D eigenvalue weighted by Gasteiger charge is 2.27. The number of benzene rings is 2. The summed E-state index contributed by atoms with van der Waals surface area (Å²) in [5.74, 6) is -3.59. The lowest BCUT2D eigenvalue weighted by molar-refractivity contribution is -0.129. The third kappa shape index (κ3) is 16.5. The molecular weight excluding hydrogens is 656 g/mol. The van der Waals surface area contributed by atoms with Gasteiger partial charge in [0.05, 0.1) is 11.1 Å². The largest absolute Gasteiger partial charge is 0.507 e. The van der Waals surface area contributed by atoms with E-state index >= 15 is 0 Å². The number of amides is 4. The number of hydrogen-bond donors (Lipinski definition) is 6. The van der Waals surface area contributed by atoms with Crippen LogP contribution in [0.15, 0.2) is 36.4 Å². The average molecular weight is 723 g/mol. The fraction of sp³-hybridized carbons (Fsp3) is 0.619. The minimum Gasteiger partial charge on any atom is -0.507 e. The number of aromatic hydroxyl groups is 2. The molecule has 2 rings (SSSR count). The number of carbonyl (C=O) groups excluding carboxylic acids is 4. The second-order valence-corrected chi connectivity index (χ2v) is 14.2. The van der Waals surface area contributed by atoms with Crippen LogP contribution in [0.3, 0.4) is 0 Å². The molecule has 2 aromatic carbocycles. The van der Waals surface area contributed by atoms with Gasteiger partial charge in [-0.1, -0.05) is 123 Å². The van der Waals surface area contributed by atoms with Crippen LogP contribution in [0, 0.1) is 11.8 Å². The molecule has 10 heteroatoms. The van der Waals surface area contributed by atoms with E-state index in [4.69, 9.17) is 0 Å². The number of hydrogen-bond acceptors (Lipinski definition) is 6. The maximum atomic E-state index is 13.3. The number of phenols is 2. The van der Waals surface area contributed by atoms with Gasteiger partial charge in [-0.3, -0.25) is 40.9 Å². The van der Waals surface area contributed by atoms with Crippen LogP contribution < -0.4 is 21.7 Å². The van der Waals surface area contributed by atoms with Crippen molar-refractivity contribution in [3.63, 3.8) is 0 Å². The van der Waals surface area contributed by atoms with Gasteiger partial charge in [-0.2, -0.15) is 0 Å². The second kappa shape index (κ2) is 25.8. The van der Waals surface area contributed by atoms with Crippen LogP contribution in [0.1, 0.15) is 175 Å². The van der Waals surface area contributed by atoms with Gasteiger partial charge >= 0.3 is 0 Å². The molecule has 0 bridgehead atoms. The third-order valence-electron chi connectivity index (χ3n) is 9.81. The van der Waals surface area contributed by atoms with Gasteiger partial charge in [0.15, 0.2) is 0 Å². The zero-order valence-electron chi connectivity index (χ0n) is 32.3. The Morgan fingerprint density at radius 1 is 0.519 bits per heavy atom. The van der Waals surface area contributed by atoms with Gasteiger partial charge in [-0.25, -0.2) is 0 Å². The lowest BCUT2D eigenvalue weighted by atomic mass is 9.88. The van der Waals surface area contributed by atoms with E-state index < -0.39 is 35.5 Å². The molecule has 0 aliphatic carbocycles. The van der Waals surface area contributed by atoms with Gasteiger partial charge in [0, 0.05) is 11.8 Å².